The molecule has 15 nitrogen and oxygen atoms in total. The number of nitrogens with two attached hydrogens (primary N) is 3. The van der Waals surface area contributed by atoms with Crippen LogP contribution in [-0.4, -0.2) is 88.7 Å². The van der Waals surface area contributed by atoms with Crippen molar-refractivity contribution in [3.8, 4) is 5.75 Å². The van der Waals surface area contributed by atoms with Gasteiger partial charge in [-0.15, -0.1) is 0 Å². The number of phenols is 1. The number of amides is 5. The first kappa shape index (κ1) is 41.8. The van der Waals surface area contributed by atoms with Crippen LogP contribution in [-0.2, 0) is 36.8 Å². The maximum absolute atomic E-state index is 14.4. The molecule has 4 aromatic rings. The molecule has 57 heavy (non-hydrogen) atoms. The molecule has 1 saturated carbocycles. The number of carbonyl (C=O) groups is 5. The lowest BCUT2D eigenvalue weighted by atomic mass is 9.92. The van der Waals surface area contributed by atoms with Crippen molar-refractivity contribution >= 4 is 46.4 Å². The van der Waals surface area contributed by atoms with Gasteiger partial charge in [0.2, 0.25) is 29.5 Å². The topological polar surface area (TPSA) is 253 Å². The highest BCUT2D eigenvalue weighted by atomic mass is 16.3. The zero-order chi connectivity index (χ0) is 41.1. The van der Waals surface area contributed by atoms with Gasteiger partial charge in [0.15, 0.2) is 0 Å². The molecule has 1 fully saturated rings. The molecule has 0 spiro atoms. The number of hydrogen-bond acceptors (Lipinski definition) is 6. The highest BCUT2D eigenvalue weighted by Gasteiger charge is 2.59. The van der Waals surface area contributed by atoms with Gasteiger partial charge in [0, 0.05) is 37.0 Å². The third-order valence-electron chi connectivity index (χ3n) is 10.5. The summed E-state index contributed by atoms with van der Waals surface area (Å²) in [5.74, 6) is -2.70. The van der Waals surface area contributed by atoms with Crippen LogP contribution in [0.15, 0.2) is 85.1 Å². The summed E-state index contributed by atoms with van der Waals surface area (Å²) in [7, 11) is 1.42. The Kier molecular flexibility index (Phi) is 13.9. The normalized spacial score (nSPS) is 17.4. The van der Waals surface area contributed by atoms with Crippen molar-refractivity contribution in [2.75, 3.05) is 20.1 Å². The first-order valence-electron chi connectivity index (χ1n) is 19.3. The Bertz CT molecular complexity index is 2060. The smallest absolute Gasteiger partial charge is 0.338 e. The third kappa shape index (κ3) is 10.9. The van der Waals surface area contributed by atoms with Crippen LogP contribution in [0.5, 0.6) is 5.75 Å². The fraction of sp³-hybridized carbons (Fsp3) is 0.381. The summed E-state index contributed by atoms with van der Waals surface area (Å²) in [6.45, 7) is 1.94. The average Bonchev–Trinajstić information content (AvgIpc) is 3.78. The van der Waals surface area contributed by atoms with Gasteiger partial charge in [0.25, 0.3) is 0 Å². The number of para-hydroxylation sites is 1. The van der Waals surface area contributed by atoms with Gasteiger partial charge in [-0.2, -0.15) is 0 Å². The lowest BCUT2D eigenvalue weighted by Crippen LogP contribution is -2.78. The molecule has 0 saturated heterocycles. The number of aromatic hydroxyl groups is 1. The standard InChI is InChI=1S/C42H53N9O6/c1-3-19-42(23-31(42)27-15-17-29(52)18-16-27)40(57)50-34(21-26-10-5-4-6-11-26)38(55)48-33(14-9-20-46-41(44)45)37(54)49-35(39(56)51(2)25-36(43)53)22-28-24-47-32-13-8-7-12-30(28)32/h4-8,10-13,15-18,24,31,33-35,47,52H,3,9,14,19-23,25H2,1-2H3,(H2,43,53)(H,48,55)(H,49,54)(H,50,57)(H4,44,45,46)/p+1/t31?,33-,34+,35-,42-/m0/s1. The number of phenolic OH excluding ortho intramolecular Hbond substituents is 1. The number of guanidine groups is 1. The highest BCUT2D eigenvalue weighted by molar-refractivity contribution is 5.97. The molecule has 1 aliphatic rings. The third-order valence-corrected chi connectivity index (χ3v) is 10.5. The number of carbonyl (C=O) groups excluding carboxylic acids is 5. The van der Waals surface area contributed by atoms with Crippen molar-refractivity contribution < 1.29 is 34.1 Å². The van der Waals surface area contributed by atoms with E-state index in [2.05, 4.69) is 25.9 Å². The number of hydrogen-bond donors (Lipinski definition) is 9. The minimum absolute atomic E-state index is 0.000699. The first-order valence-corrected chi connectivity index (χ1v) is 19.3. The Balaban J connectivity index is 1.41. The van der Waals surface area contributed by atoms with E-state index in [9.17, 15) is 29.1 Å². The molecule has 0 bridgehead atoms. The molecule has 15 heteroatoms. The molecule has 3 aromatic carbocycles. The minimum Gasteiger partial charge on any atom is -0.508 e. The first-order chi connectivity index (χ1) is 27.3. The van der Waals surface area contributed by atoms with Crippen molar-refractivity contribution in [3.05, 3.63) is 102 Å². The Morgan fingerprint density at radius 2 is 1.54 bits per heavy atom. The van der Waals surface area contributed by atoms with E-state index in [4.69, 9.17) is 17.2 Å². The Morgan fingerprint density at radius 3 is 2.23 bits per heavy atom. The van der Waals surface area contributed by atoms with Crippen molar-refractivity contribution in [2.24, 2.45) is 22.6 Å². The molecule has 1 heterocycles. The number of benzene rings is 3. The second-order valence-electron chi connectivity index (χ2n) is 14.8. The molecule has 302 valence electrons. The lowest BCUT2D eigenvalue weighted by molar-refractivity contribution is -0.459. The monoisotopic (exact) mass is 780 g/mol. The van der Waals surface area contributed by atoms with Gasteiger partial charge >= 0.3 is 5.96 Å². The Labute approximate surface area is 331 Å². The lowest BCUT2D eigenvalue weighted by Gasteiger charge is -2.28. The number of nitrogens with zero attached hydrogens (tertiary/aromatic N) is 1. The quantitative estimate of drug-likeness (QED) is 0.0339. The van der Waals surface area contributed by atoms with Gasteiger partial charge in [-0.1, -0.05) is 74.0 Å². The number of rotatable bonds is 20. The summed E-state index contributed by atoms with van der Waals surface area (Å²) in [5.41, 5.74) is 19.2. The fourth-order valence-electron chi connectivity index (χ4n) is 7.55. The number of primary amides is 1. The van der Waals surface area contributed by atoms with E-state index < -0.39 is 47.2 Å². The zero-order valence-corrected chi connectivity index (χ0v) is 32.4. The average molecular weight is 781 g/mol. The largest absolute Gasteiger partial charge is 0.508 e. The van der Waals surface area contributed by atoms with Crippen molar-refractivity contribution in [2.45, 2.75) is 75.9 Å². The number of aromatic nitrogens is 1. The molecule has 0 radical (unpaired) electrons. The van der Waals surface area contributed by atoms with Crippen LogP contribution in [0.4, 0.5) is 0 Å². The van der Waals surface area contributed by atoms with Crippen molar-refractivity contribution in [1.29, 1.82) is 0 Å². The predicted octanol–water partition coefficient (Wildman–Crippen LogP) is 0.165. The molecular formula is C42H54N9O6+. The molecule has 12 N–H and O–H groups in total. The van der Waals surface area contributed by atoms with E-state index in [1.165, 1.54) is 7.05 Å². The summed E-state index contributed by atoms with van der Waals surface area (Å²) in [6.07, 6.45) is 4.39. The molecule has 5 amide bonds. The molecule has 1 aromatic heterocycles. The Morgan fingerprint density at radius 1 is 0.877 bits per heavy atom. The van der Waals surface area contributed by atoms with Gasteiger partial charge in [-0.25, -0.2) is 0 Å². The van der Waals surface area contributed by atoms with E-state index in [1.54, 1.807) is 18.3 Å². The summed E-state index contributed by atoms with van der Waals surface area (Å²) in [4.78, 5) is 75.6. The van der Waals surface area contributed by atoms with Crippen LogP contribution in [0, 0.1) is 5.41 Å². The summed E-state index contributed by atoms with van der Waals surface area (Å²) in [6, 6.07) is 20.3. The van der Waals surface area contributed by atoms with E-state index in [0.29, 0.717) is 25.8 Å². The van der Waals surface area contributed by atoms with Gasteiger partial charge in [-0.05, 0) is 66.5 Å². The highest BCUT2D eigenvalue weighted by Crippen LogP contribution is 2.62. The van der Waals surface area contributed by atoms with Crippen LogP contribution in [0.3, 0.4) is 0 Å². The zero-order valence-electron chi connectivity index (χ0n) is 32.4. The van der Waals surface area contributed by atoms with Crippen LogP contribution in [0.1, 0.15) is 61.6 Å². The molecule has 1 unspecified atom stereocenters. The minimum atomic E-state index is -1.15. The van der Waals surface area contributed by atoms with Gasteiger partial charge in [0.05, 0.1) is 18.5 Å². The van der Waals surface area contributed by atoms with Crippen LogP contribution < -0.4 is 38.1 Å². The second kappa shape index (κ2) is 19.0. The van der Waals surface area contributed by atoms with Gasteiger partial charge in [-0.3, -0.25) is 40.4 Å². The Hall–Kier alpha value is -6.38. The number of H-pyrrole nitrogens is 1. The molecule has 0 aliphatic heterocycles. The van der Waals surface area contributed by atoms with E-state index in [1.807, 2.05) is 73.7 Å². The predicted molar refractivity (Wildman–Crippen MR) is 216 cm³/mol. The molecule has 5 atom stereocenters. The molecular weight excluding hydrogens is 727 g/mol. The van der Waals surface area contributed by atoms with Gasteiger partial charge in [0.1, 0.15) is 23.9 Å². The van der Waals surface area contributed by atoms with Crippen LogP contribution in [0.25, 0.3) is 10.9 Å². The summed E-state index contributed by atoms with van der Waals surface area (Å²) < 4.78 is 0. The number of likely N-dealkylation sites (N-methyl/N-ethyl adjacent to an activating group) is 1. The summed E-state index contributed by atoms with van der Waals surface area (Å²) in [5, 5.41) is 19.5. The van der Waals surface area contributed by atoms with Crippen LogP contribution in [0.2, 0.25) is 0 Å². The van der Waals surface area contributed by atoms with Crippen molar-refractivity contribution in [3.63, 3.8) is 0 Å². The number of fused-ring (bicyclic) bond motifs is 1. The number of nitrogens with one attached hydrogen (secondary N) is 5. The SMILES string of the molecule is CCC[C@]1(C(=O)N[C@H](Cc2ccccc2)C(=O)N[C@@H](CCC[NH+]=C(N)N)C(=O)N[C@@H](Cc2c[nH]c3ccccc23)C(=O)N(C)CC(N)=O)CC1c1ccc(O)cc1. The van der Waals surface area contributed by atoms with E-state index in [-0.39, 0.29) is 49.3 Å². The van der Waals surface area contributed by atoms with Crippen molar-refractivity contribution in [1.82, 2.24) is 25.8 Å². The van der Waals surface area contributed by atoms with E-state index in [0.717, 1.165) is 38.9 Å². The van der Waals surface area contributed by atoms with Gasteiger partial charge < -0.3 is 36.7 Å². The summed E-state index contributed by atoms with van der Waals surface area (Å²) >= 11 is 0. The van der Waals surface area contributed by atoms with Crippen LogP contribution >= 0.6 is 0 Å². The number of aromatic amines is 1. The maximum Gasteiger partial charge on any atom is 0.338 e. The maximum atomic E-state index is 14.4. The fourth-order valence-corrected chi connectivity index (χ4v) is 7.55. The molecule has 5 rings (SSSR count). The molecule has 1 aliphatic carbocycles. The van der Waals surface area contributed by atoms with E-state index >= 15 is 0 Å². The second-order valence-corrected chi connectivity index (χ2v) is 14.8.